The van der Waals surface area contributed by atoms with Gasteiger partial charge in [-0.3, -0.25) is 4.79 Å². The fraction of sp³-hybridized carbons (Fsp3) is 0.222. The molecule has 0 saturated carbocycles. The molecule has 0 aliphatic rings. The molecule has 0 aliphatic heterocycles. The highest BCUT2D eigenvalue weighted by Gasteiger charge is 1.97. The molecule has 12 heavy (non-hydrogen) atoms. The normalized spacial score (nSPS) is 7.92. The Labute approximate surface area is 72.0 Å². The Hall–Kier alpha value is -1.35. The largest absolute Gasteiger partial charge is 0.400 e. The summed E-state index contributed by atoms with van der Waals surface area (Å²) in [5.74, 6) is -0.0411. The van der Waals surface area contributed by atoms with Crippen LogP contribution in [0.1, 0.15) is 10.4 Å². The zero-order valence-corrected chi connectivity index (χ0v) is 7.24. The van der Waals surface area contributed by atoms with Crippen molar-refractivity contribution in [3.8, 4) is 0 Å². The Kier molecular flexibility index (Phi) is 5.65. The summed E-state index contributed by atoms with van der Waals surface area (Å²) in [6.45, 7) is 0. The number of nitrogens with one attached hydrogen (secondary N) is 1. The summed E-state index contributed by atoms with van der Waals surface area (Å²) < 4.78 is 0. The average molecular weight is 167 g/mol. The predicted molar refractivity (Wildman–Crippen MR) is 48.0 cm³/mol. The average Bonchev–Trinajstić information content (AvgIpc) is 2.21. The minimum Gasteiger partial charge on any atom is -0.400 e. The molecule has 2 N–H and O–H groups in total. The van der Waals surface area contributed by atoms with Crippen molar-refractivity contribution in [3.05, 3.63) is 35.9 Å². The Morgan fingerprint density at radius 2 is 1.75 bits per heavy atom. The Morgan fingerprint density at radius 3 is 2.17 bits per heavy atom. The van der Waals surface area contributed by atoms with Gasteiger partial charge in [-0.1, -0.05) is 18.2 Å². The van der Waals surface area contributed by atoms with E-state index >= 15 is 0 Å². The standard InChI is InChI=1S/C8H9NO.CH4O/c1-9-8(10)7-5-3-2-4-6-7;1-2/h2-6H,1H3,(H,9,10);2H,1H3. The highest BCUT2D eigenvalue weighted by atomic mass is 16.2. The number of aliphatic hydroxyl groups excluding tert-OH is 1. The quantitative estimate of drug-likeness (QED) is 0.645. The molecule has 1 amide bonds. The number of hydrogen-bond acceptors (Lipinski definition) is 2. The third-order valence-electron chi connectivity index (χ3n) is 1.26. The fourth-order valence-corrected chi connectivity index (χ4v) is 0.734. The second-order valence-corrected chi connectivity index (χ2v) is 1.95. The molecule has 66 valence electrons. The van der Waals surface area contributed by atoms with E-state index in [-0.39, 0.29) is 5.91 Å². The molecular formula is C9H13NO2. The fourth-order valence-electron chi connectivity index (χ4n) is 0.734. The Bertz CT molecular complexity index is 221. The molecular weight excluding hydrogens is 154 g/mol. The summed E-state index contributed by atoms with van der Waals surface area (Å²) in [5.41, 5.74) is 0.699. The van der Waals surface area contributed by atoms with Crippen molar-refractivity contribution in [2.24, 2.45) is 0 Å². The SMILES string of the molecule is CNC(=O)c1ccccc1.CO. The van der Waals surface area contributed by atoms with Crippen LogP contribution in [0.3, 0.4) is 0 Å². The van der Waals surface area contributed by atoms with Crippen LogP contribution in [0.4, 0.5) is 0 Å². The van der Waals surface area contributed by atoms with Crippen molar-refractivity contribution < 1.29 is 9.90 Å². The topological polar surface area (TPSA) is 49.3 Å². The third-order valence-corrected chi connectivity index (χ3v) is 1.26. The van der Waals surface area contributed by atoms with Crippen molar-refractivity contribution in [1.82, 2.24) is 5.32 Å². The van der Waals surface area contributed by atoms with Gasteiger partial charge >= 0.3 is 0 Å². The van der Waals surface area contributed by atoms with Crippen LogP contribution < -0.4 is 5.32 Å². The monoisotopic (exact) mass is 167 g/mol. The van der Waals surface area contributed by atoms with E-state index in [1.54, 1.807) is 19.2 Å². The second-order valence-electron chi connectivity index (χ2n) is 1.95. The van der Waals surface area contributed by atoms with Gasteiger partial charge in [-0.15, -0.1) is 0 Å². The molecule has 1 aromatic rings. The number of benzene rings is 1. The van der Waals surface area contributed by atoms with Gasteiger partial charge in [-0.05, 0) is 12.1 Å². The van der Waals surface area contributed by atoms with Gasteiger partial charge < -0.3 is 10.4 Å². The van der Waals surface area contributed by atoms with Gasteiger partial charge in [0.25, 0.3) is 5.91 Å². The number of rotatable bonds is 1. The van der Waals surface area contributed by atoms with Crippen LogP contribution in [0.15, 0.2) is 30.3 Å². The van der Waals surface area contributed by atoms with E-state index in [1.807, 2.05) is 18.2 Å². The predicted octanol–water partition coefficient (Wildman–Crippen LogP) is 0.655. The molecule has 0 unspecified atom stereocenters. The molecule has 0 fully saturated rings. The molecule has 0 saturated heterocycles. The molecule has 3 nitrogen and oxygen atoms in total. The molecule has 0 atom stereocenters. The molecule has 0 spiro atoms. The molecule has 0 radical (unpaired) electrons. The van der Waals surface area contributed by atoms with Crippen molar-refractivity contribution in [2.75, 3.05) is 14.2 Å². The first-order chi connectivity index (χ1) is 5.84. The zero-order valence-electron chi connectivity index (χ0n) is 7.24. The summed E-state index contributed by atoms with van der Waals surface area (Å²) in [6, 6.07) is 9.11. The van der Waals surface area contributed by atoms with Crippen LogP contribution in [0.2, 0.25) is 0 Å². The lowest BCUT2D eigenvalue weighted by Gasteiger charge is -1.96. The first-order valence-corrected chi connectivity index (χ1v) is 3.56. The number of aliphatic hydroxyl groups is 1. The second kappa shape index (κ2) is 6.37. The van der Waals surface area contributed by atoms with Gasteiger partial charge in [-0.2, -0.15) is 0 Å². The summed E-state index contributed by atoms with van der Waals surface area (Å²) in [4.78, 5) is 10.9. The third kappa shape index (κ3) is 3.16. The lowest BCUT2D eigenvalue weighted by molar-refractivity contribution is 0.0963. The first-order valence-electron chi connectivity index (χ1n) is 3.56. The van der Waals surface area contributed by atoms with Gasteiger partial charge in [0.2, 0.25) is 0 Å². The maximum absolute atomic E-state index is 10.9. The minimum absolute atomic E-state index is 0.0411. The number of amides is 1. The van der Waals surface area contributed by atoms with Crippen LogP contribution in [-0.4, -0.2) is 25.2 Å². The van der Waals surface area contributed by atoms with E-state index in [1.165, 1.54) is 0 Å². The van der Waals surface area contributed by atoms with Crippen LogP contribution in [0.25, 0.3) is 0 Å². The van der Waals surface area contributed by atoms with E-state index in [9.17, 15) is 4.79 Å². The van der Waals surface area contributed by atoms with Gasteiger partial charge in [0.05, 0.1) is 0 Å². The van der Waals surface area contributed by atoms with Crippen LogP contribution in [0, 0.1) is 0 Å². The number of carbonyl (C=O) groups excluding carboxylic acids is 1. The lowest BCUT2D eigenvalue weighted by Crippen LogP contribution is -2.17. The van der Waals surface area contributed by atoms with E-state index in [2.05, 4.69) is 5.32 Å². The zero-order chi connectivity index (χ0) is 9.40. The Morgan fingerprint density at radius 1 is 1.25 bits per heavy atom. The van der Waals surface area contributed by atoms with Crippen molar-refractivity contribution in [2.45, 2.75) is 0 Å². The first kappa shape index (κ1) is 10.7. The highest BCUT2D eigenvalue weighted by Crippen LogP contribution is 1.96. The van der Waals surface area contributed by atoms with E-state index in [4.69, 9.17) is 5.11 Å². The van der Waals surface area contributed by atoms with Gasteiger partial charge in [0, 0.05) is 19.7 Å². The van der Waals surface area contributed by atoms with Gasteiger partial charge in [0.15, 0.2) is 0 Å². The molecule has 0 aromatic heterocycles. The summed E-state index contributed by atoms with van der Waals surface area (Å²) in [7, 11) is 2.62. The Balaban J connectivity index is 0.000000561. The number of carbonyl (C=O) groups is 1. The molecule has 1 rings (SSSR count). The van der Waals surface area contributed by atoms with E-state index in [0.717, 1.165) is 7.11 Å². The number of hydrogen-bond donors (Lipinski definition) is 2. The van der Waals surface area contributed by atoms with E-state index < -0.39 is 0 Å². The summed E-state index contributed by atoms with van der Waals surface area (Å²) in [5, 5.41) is 9.54. The van der Waals surface area contributed by atoms with Crippen LogP contribution in [-0.2, 0) is 0 Å². The summed E-state index contributed by atoms with van der Waals surface area (Å²) >= 11 is 0. The van der Waals surface area contributed by atoms with Crippen molar-refractivity contribution in [3.63, 3.8) is 0 Å². The lowest BCUT2D eigenvalue weighted by atomic mass is 10.2. The van der Waals surface area contributed by atoms with Gasteiger partial charge in [-0.25, -0.2) is 0 Å². The molecule has 0 aliphatic carbocycles. The molecule has 0 bridgehead atoms. The minimum atomic E-state index is -0.0411. The molecule has 3 heteroatoms. The molecule has 0 heterocycles. The maximum atomic E-state index is 10.9. The van der Waals surface area contributed by atoms with Crippen LogP contribution >= 0.6 is 0 Å². The van der Waals surface area contributed by atoms with Crippen molar-refractivity contribution >= 4 is 5.91 Å². The highest BCUT2D eigenvalue weighted by molar-refractivity contribution is 5.93. The maximum Gasteiger partial charge on any atom is 0.251 e. The smallest absolute Gasteiger partial charge is 0.251 e. The van der Waals surface area contributed by atoms with E-state index in [0.29, 0.717) is 5.56 Å². The molecule has 1 aromatic carbocycles. The van der Waals surface area contributed by atoms with Crippen LogP contribution in [0.5, 0.6) is 0 Å². The van der Waals surface area contributed by atoms with Crippen molar-refractivity contribution in [1.29, 1.82) is 0 Å². The summed E-state index contributed by atoms with van der Waals surface area (Å²) in [6.07, 6.45) is 0. The van der Waals surface area contributed by atoms with Gasteiger partial charge in [0.1, 0.15) is 0 Å².